The number of amides is 1. The summed E-state index contributed by atoms with van der Waals surface area (Å²) in [6.45, 7) is 5.67. The molecule has 1 fully saturated rings. The number of H-pyrrole nitrogens is 1. The van der Waals surface area contributed by atoms with Crippen molar-refractivity contribution in [3.05, 3.63) is 52.8 Å². The van der Waals surface area contributed by atoms with E-state index in [0.29, 0.717) is 6.67 Å². The molecule has 2 aliphatic heterocycles. The number of aliphatic hydroxyl groups is 1. The van der Waals surface area contributed by atoms with Gasteiger partial charge < -0.3 is 10.1 Å². The van der Waals surface area contributed by atoms with Gasteiger partial charge in [0.1, 0.15) is 0 Å². The van der Waals surface area contributed by atoms with E-state index in [1.54, 1.807) is 0 Å². The maximum absolute atomic E-state index is 13.2. The zero-order chi connectivity index (χ0) is 18.3. The molecule has 1 aromatic heterocycles. The minimum Gasteiger partial charge on any atom is -0.395 e. The molecule has 136 valence electrons. The van der Waals surface area contributed by atoms with E-state index >= 15 is 0 Å². The molecule has 2 aromatic rings. The van der Waals surface area contributed by atoms with Crippen LogP contribution in [0.3, 0.4) is 0 Å². The van der Waals surface area contributed by atoms with E-state index in [1.165, 1.54) is 0 Å². The van der Waals surface area contributed by atoms with Gasteiger partial charge in [0.15, 0.2) is 0 Å². The molecule has 1 atom stereocenters. The molecular formula is C21H25N3O2. The molecule has 26 heavy (non-hydrogen) atoms. The number of benzene rings is 1. The summed E-state index contributed by atoms with van der Waals surface area (Å²) in [6, 6.07) is 10.2. The monoisotopic (exact) mass is 351 g/mol. The first-order valence-electron chi connectivity index (χ1n) is 9.22. The molecule has 0 saturated carbocycles. The van der Waals surface area contributed by atoms with Gasteiger partial charge in [0.25, 0.3) is 5.91 Å². The molecule has 5 nitrogen and oxygen atoms in total. The molecule has 1 saturated heterocycles. The Hall–Kier alpha value is -2.37. The lowest BCUT2D eigenvalue weighted by Gasteiger charge is -2.28. The van der Waals surface area contributed by atoms with Crippen LogP contribution in [-0.4, -0.2) is 46.8 Å². The molecule has 5 heteroatoms. The molecular weight excluding hydrogens is 326 g/mol. The topological polar surface area (TPSA) is 59.6 Å². The highest BCUT2D eigenvalue weighted by atomic mass is 16.3. The van der Waals surface area contributed by atoms with Crippen molar-refractivity contribution in [2.24, 2.45) is 0 Å². The zero-order valence-corrected chi connectivity index (χ0v) is 15.3. The first-order valence-corrected chi connectivity index (χ1v) is 9.22. The van der Waals surface area contributed by atoms with E-state index in [9.17, 15) is 9.90 Å². The Bertz CT molecular complexity index is 868. The Kier molecular flexibility index (Phi) is 4.42. The number of carbonyl (C=O) groups excluding carboxylic acids is 1. The first kappa shape index (κ1) is 17.1. The minimum atomic E-state index is 0.0291. The second-order valence-electron chi connectivity index (χ2n) is 7.29. The third-order valence-corrected chi connectivity index (χ3v) is 5.47. The summed E-state index contributed by atoms with van der Waals surface area (Å²) in [7, 11) is 0. The summed E-state index contributed by atoms with van der Waals surface area (Å²) < 4.78 is 0. The van der Waals surface area contributed by atoms with Gasteiger partial charge in [-0.15, -0.1) is 0 Å². The maximum Gasteiger partial charge on any atom is 0.260 e. The number of nitrogens with one attached hydrogen (secondary N) is 1. The molecule has 0 unspecified atom stereocenters. The number of fused-ring (bicyclic) bond motifs is 1. The number of rotatable bonds is 4. The van der Waals surface area contributed by atoms with Crippen LogP contribution in [0.2, 0.25) is 0 Å². The number of aromatic amines is 1. The number of likely N-dealkylation sites (tertiary alicyclic amines) is 1. The summed E-state index contributed by atoms with van der Waals surface area (Å²) >= 11 is 0. The van der Waals surface area contributed by atoms with Crippen molar-refractivity contribution in [3.8, 4) is 0 Å². The summed E-state index contributed by atoms with van der Waals surface area (Å²) in [4.78, 5) is 20.6. The van der Waals surface area contributed by atoms with Crippen LogP contribution in [0.25, 0.3) is 11.6 Å². The predicted octanol–water partition coefficient (Wildman–Crippen LogP) is 2.93. The van der Waals surface area contributed by atoms with Gasteiger partial charge in [-0.3, -0.25) is 14.6 Å². The smallest absolute Gasteiger partial charge is 0.260 e. The average molecular weight is 351 g/mol. The van der Waals surface area contributed by atoms with Gasteiger partial charge >= 0.3 is 0 Å². The Morgan fingerprint density at radius 3 is 2.85 bits per heavy atom. The van der Waals surface area contributed by atoms with Gasteiger partial charge in [0, 0.05) is 29.5 Å². The Morgan fingerprint density at radius 1 is 1.31 bits per heavy atom. The first-order chi connectivity index (χ1) is 12.6. The molecule has 0 spiro atoms. The van der Waals surface area contributed by atoms with Gasteiger partial charge in [0.2, 0.25) is 0 Å². The number of hydrogen-bond acceptors (Lipinski definition) is 3. The number of aliphatic hydroxyl groups excluding tert-OH is 1. The number of aromatic nitrogens is 1. The van der Waals surface area contributed by atoms with Crippen molar-refractivity contribution in [2.45, 2.75) is 32.7 Å². The van der Waals surface area contributed by atoms with E-state index in [-0.39, 0.29) is 18.6 Å². The zero-order valence-electron chi connectivity index (χ0n) is 15.3. The van der Waals surface area contributed by atoms with Crippen molar-refractivity contribution in [2.75, 3.05) is 24.7 Å². The number of nitrogens with zero attached hydrogens (tertiary/aromatic N) is 2. The number of aryl methyl sites for hydroxylation is 2. The summed E-state index contributed by atoms with van der Waals surface area (Å²) in [5.41, 5.74) is 5.87. The van der Waals surface area contributed by atoms with Gasteiger partial charge in [-0.25, -0.2) is 0 Å². The van der Waals surface area contributed by atoms with Gasteiger partial charge in [-0.1, -0.05) is 18.2 Å². The van der Waals surface area contributed by atoms with Gasteiger partial charge in [-0.05, 0) is 50.5 Å². The number of hydrogen-bond donors (Lipinski definition) is 2. The molecule has 2 aliphatic rings. The van der Waals surface area contributed by atoms with E-state index in [4.69, 9.17) is 0 Å². The predicted molar refractivity (Wildman–Crippen MR) is 104 cm³/mol. The highest BCUT2D eigenvalue weighted by Gasteiger charge is 2.35. The minimum absolute atomic E-state index is 0.0291. The third kappa shape index (κ3) is 2.87. The van der Waals surface area contributed by atoms with Crippen LogP contribution in [0.1, 0.15) is 35.4 Å². The van der Waals surface area contributed by atoms with Crippen molar-refractivity contribution >= 4 is 23.2 Å². The van der Waals surface area contributed by atoms with Crippen molar-refractivity contribution in [1.29, 1.82) is 0 Å². The van der Waals surface area contributed by atoms with E-state index in [1.807, 2.05) is 42.2 Å². The summed E-state index contributed by atoms with van der Waals surface area (Å²) in [5.74, 6) is 0.0291. The SMILES string of the molecule is Cc1cc(C)c(C=C2C(=O)N(CN3CCC[C@H]3CO)c3ccccc32)[nH]1. The van der Waals surface area contributed by atoms with Crippen LogP contribution in [0.4, 0.5) is 5.69 Å². The fourth-order valence-electron chi connectivity index (χ4n) is 4.10. The fourth-order valence-corrected chi connectivity index (χ4v) is 4.10. The van der Waals surface area contributed by atoms with E-state index in [2.05, 4.69) is 22.9 Å². The lowest BCUT2D eigenvalue weighted by atomic mass is 10.1. The summed E-state index contributed by atoms with van der Waals surface area (Å²) in [5, 5.41) is 9.59. The summed E-state index contributed by atoms with van der Waals surface area (Å²) in [6.07, 6.45) is 4.03. The van der Waals surface area contributed by atoms with Crippen LogP contribution < -0.4 is 4.90 Å². The Balaban J connectivity index is 1.70. The standard InChI is InChI=1S/C21H25N3O2/c1-14-10-15(2)22-19(14)11-18-17-7-3-4-8-20(17)24(21(18)26)13-23-9-5-6-16(23)12-25/h3-4,7-8,10-11,16,22,25H,5-6,9,12-13H2,1-2H3/t16-/m0/s1. The van der Waals surface area contributed by atoms with Gasteiger partial charge in [-0.2, -0.15) is 0 Å². The second-order valence-corrected chi connectivity index (χ2v) is 7.29. The lowest BCUT2D eigenvalue weighted by molar-refractivity contribution is -0.113. The van der Waals surface area contributed by atoms with Crippen LogP contribution in [0.5, 0.6) is 0 Å². The molecule has 0 radical (unpaired) electrons. The number of carbonyl (C=O) groups is 1. The fraction of sp³-hybridized carbons (Fsp3) is 0.381. The highest BCUT2D eigenvalue weighted by molar-refractivity contribution is 6.35. The van der Waals surface area contributed by atoms with Crippen molar-refractivity contribution in [3.63, 3.8) is 0 Å². The second kappa shape index (κ2) is 6.74. The third-order valence-electron chi connectivity index (χ3n) is 5.47. The van der Waals surface area contributed by atoms with Crippen LogP contribution in [0.15, 0.2) is 30.3 Å². The maximum atomic E-state index is 13.2. The van der Waals surface area contributed by atoms with Crippen molar-refractivity contribution in [1.82, 2.24) is 9.88 Å². The van der Waals surface area contributed by atoms with Crippen molar-refractivity contribution < 1.29 is 9.90 Å². The van der Waals surface area contributed by atoms with Gasteiger partial charge in [0.05, 0.1) is 24.5 Å². The Labute approximate surface area is 153 Å². The average Bonchev–Trinajstić information content (AvgIpc) is 3.28. The number of para-hydroxylation sites is 1. The molecule has 2 N–H and O–H groups in total. The molecule has 3 heterocycles. The largest absolute Gasteiger partial charge is 0.395 e. The van der Waals surface area contributed by atoms with Crippen LogP contribution in [0, 0.1) is 13.8 Å². The number of anilines is 1. The molecule has 0 bridgehead atoms. The van der Waals surface area contributed by atoms with E-state index < -0.39 is 0 Å². The van der Waals surface area contributed by atoms with Crippen LogP contribution >= 0.6 is 0 Å². The van der Waals surface area contributed by atoms with E-state index in [0.717, 1.165) is 53.2 Å². The molecule has 1 aromatic carbocycles. The Morgan fingerprint density at radius 2 is 2.12 bits per heavy atom. The van der Waals surface area contributed by atoms with Crippen LogP contribution in [-0.2, 0) is 4.79 Å². The molecule has 4 rings (SSSR count). The normalized spacial score (nSPS) is 21.8. The quantitative estimate of drug-likeness (QED) is 0.833. The molecule has 0 aliphatic carbocycles. The lowest BCUT2D eigenvalue weighted by Crippen LogP contribution is -2.43. The highest BCUT2D eigenvalue weighted by Crippen LogP contribution is 2.38. The molecule has 1 amide bonds.